The van der Waals surface area contributed by atoms with E-state index in [0.29, 0.717) is 21.8 Å². The Morgan fingerprint density at radius 2 is 2.40 bits per heavy atom. The first-order chi connectivity index (χ1) is 7.13. The van der Waals surface area contributed by atoms with E-state index in [9.17, 15) is 4.79 Å². The SMILES string of the molecule is CSc1nc(C)c(C(=O)CBr)cc1C#N. The summed E-state index contributed by atoms with van der Waals surface area (Å²) in [5.74, 6) is -0.0517. The minimum atomic E-state index is -0.0517. The van der Waals surface area contributed by atoms with Crippen LogP contribution in [0.15, 0.2) is 11.1 Å². The third-order valence-electron chi connectivity index (χ3n) is 1.91. The summed E-state index contributed by atoms with van der Waals surface area (Å²) in [6.07, 6.45) is 1.86. The van der Waals surface area contributed by atoms with Crippen molar-refractivity contribution in [1.82, 2.24) is 4.98 Å². The van der Waals surface area contributed by atoms with Gasteiger partial charge in [0.1, 0.15) is 11.1 Å². The zero-order valence-electron chi connectivity index (χ0n) is 8.37. The molecule has 1 rings (SSSR count). The maximum absolute atomic E-state index is 11.5. The third-order valence-corrected chi connectivity index (χ3v) is 3.12. The van der Waals surface area contributed by atoms with Gasteiger partial charge in [-0.1, -0.05) is 15.9 Å². The molecule has 0 fully saturated rings. The van der Waals surface area contributed by atoms with Gasteiger partial charge < -0.3 is 0 Å². The summed E-state index contributed by atoms with van der Waals surface area (Å²) >= 11 is 4.51. The number of aryl methyl sites for hydroxylation is 1. The summed E-state index contributed by atoms with van der Waals surface area (Å²) < 4.78 is 0. The quantitative estimate of drug-likeness (QED) is 0.486. The molecule has 0 amide bonds. The number of carbonyl (C=O) groups excluding carboxylic acids is 1. The van der Waals surface area contributed by atoms with Crippen LogP contribution in [0.5, 0.6) is 0 Å². The lowest BCUT2D eigenvalue weighted by Gasteiger charge is -2.06. The van der Waals surface area contributed by atoms with E-state index in [1.54, 1.807) is 13.0 Å². The van der Waals surface area contributed by atoms with E-state index < -0.39 is 0 Å². The standard InChI is InChI=1S/C10H9BrN2OS/c1-6-8(9(14)4-11)3-7(5-12)10(13-6)15-2/h3H,4H2,1-2H3. The maximum Gasteiger partial charge on any atom is 0.175 e. The fraction of sp³-hybridized carbons (Fsp3) is 0.300. The van der Waals surface area contributed by atoms with Crippen molar-refractivity contribution in [3.63, 3.8) is 0 Å². The Hall–Kier alpha value is -0.860. The van der Waals surface area contributed by atoms with Gasteiger partial charge in [0.25, 0.3) is 0 Å². The summed E-state index contributed by atoms with van der Waals surface area (Å²) in [7, 11) is 0. The fourth-order valence-electron chi connectivity index (χ4n) is 1.17. The van der Waals surface area contributed by atoms with Gasteiger partial charge in [-0.2, -0.15) is 5.26 Å². The molecular formula is C10H9BrN2OS. The minimum Gasteiger partial charge on any atom is -0.293 e. The van der Waals surface area contributed by atoms with Gasteiger partial charge in [-0.25, -0.2) is 4.98 Å². The van der Waals surface area contributed by atoms with Crippen molar-refractivity contribution in [2.75, 3.05) is 11.6 Å². The molecule has 0 bridgehead atoms. The average molecular weight is 285 g/mol. The van der Waals surface area contributed by atoms with Gasteiger partial charge in [0.2, 0.25) is 0 Å². The summed E-state index contributed by atoms with van der Waals surface area (Å²) in [6, 6.07) is 3.65. The molecule has 3 nitrogen and oxygen atoms in total. The Balaban J connectivity index is 3.33. The number of hydrogen-bond acceptors (Lipinski definition) is 4. The molecule has 5 heteroatoms. The number of alkyl halides is 1. The molecule has 0 atom stereocenters. The smallest absolute Gasteiger partial charge is 0.175 e. The van der Waals surface area contributed by atoms with Crippen LogP contribution < -0.4 is 0 Å². The van der Waals surface area contributed by atoms with Crippen molar-refractivity contribution < 1.29 is 4.79 Å². The molecule has 0 aliphatic carbocycles. The number of halogens is 1. The van der Waals surface area contributed by atoms with Gasteiger partial charge in [-0.3, -0.25) is 4.79 Å². The second-order valence-electron chi connectivity index (χ2n) is 2.85. The second kappa shape index (κ2) is 5.29. The Labute approximate surface area is 101 Å². The van der Waals surface area contributed by atoms with Gasteiger partial charge in [-0.15, -0.1) is 11.8 Å². The topological polar surface area (TPSA) is 53.8 Å². The van der Waals surface area contributed by atoms with E-state index in [4.69, 9.17) is 5.26 Å². The summed E-state index contributed by atoms with van der Waals surface area (Å²) in [6.45, 7) is 1.77. The first-order valence-electron chi connectivity index (χ1n) is 4.19. The number of hydrogen-bond donors (Lipinski definition) is 0. The molecule has 0 radical (unpaired) electrons. The summed E-state index contributed by atoms with van der Waals surface area (Å²) in [4.78, 5) is 15.7. The average Bonchev–Trinajstić information content (AvgIpc) is 2.27. The van der Waals surface area contributed by atoms with Crippen LogP contribution in [-0.2, 0) is 0 Å². The summed E-state index contributed by atoms with van der Waals surface area (Å²) in [5.41, 5.74) is 1.64. The van der Waals surface area contributed by atoms with Crippen LogP contribution in [0.25, 0.3) is 0 Å². The lowest BCUT2D eigenvalue weighted by Crippen LogP contribution is -2.06. The predicted octanol–water partition coefficient (Wildman–Crippen LogP) is 2.56. The molecule has 1 aromatic heterocycles. The van der Waals surface area contributed by atoms with E-state index in [1.807, 2.05) is 12.3 Å². The molecule has 0 aromatic carbocycles. The van der Waals surface area contributed by atoms with Gasteiger partial charge >= 0.3 is 0 Å². The number of thioether (sulfide) groups is 1. The molecule has 0 N–H and O–H groups in total. The Kier molecular flexibility index (Phi) is 4.30. The zero-order valence-corrected chi connectivity index (χ0v) is 10.8. The van der Waals surface area contributed by atoms with Crippen molar-refractivity contribution in [1.29, 1.82) is 5.26 Å². The normalized spacial score (nSPS) is 9.73. The highest BCUT2D eigenvalue weighted by molar-refractivity contribution is 9.09. The number of aromatic nitrogens is 1. The van der Waals surface area contributed by atoms with Crippen molar-refractivity contribution in [2.24, 2.45) is 0 Å². The molecule has 1 aromatic rings. The van der Waals surface area contributed by atoms with Crippen molar-refractivity contribution >= 4 is 33.5 Å². The Bertz CT molecular complexity index is 440. The molecule has 0 aliphatic heterocycles. The number of nitrogens with zero attached hydrogens (tertiary/aromatic N) is 2. The van der Waals surface area contributed by atoms with E-state index in [-0.39, 0.29) is 11.1 Å². The zero-order chi connectivity index (χ0) is 11.4. The van der Waals surface area contributed by atoms with E-state index in [2.05, 4.69) is 20.9 Å². The Morgan fingerprint density at radius 3 is 2.87 bits per heavy atom. The van der Waals surface area contributed by atoms with Gasteiger partial charge in [-0.05, 0) is 19.2 Å². The van der Waals surface area contributed by atoms with E-state index >= 15 is 0 Å². The van der Waals surface area contributed by atoms with Crippen LogP contribution in [0, 0.1) is 18.3 Å². The Morgan fingerprint density at radius 1 is 1.73 bits per heavy atom. The van der Waals surface area contributed by atoms with E-state index in [0.717, 1.165) is 0 Å². The van der Waals surface area contributed by atoms with Crippen molar-refractivity contribution in [3.8, 4) is 6.07 Å². The highest BCUT2D eigenvalue weighted by atomic mass is 79.9. The largest absolute Gasteiger partial charge is 0.293 e. The third kappa shape index (κ3) is 2.58. The van der Waals surface area contributed by atoms with Crippen LogP contribution >= 0.6 is 27.7 Å². The first kappa shape index (κ1) is 12.2. The number of pyridine rings is 1. The molecule has 0 spiro atoms. The lowest BCUT2D eigenvalue weighted by atomic mass is 10.1. The monoisotopic (exact) mass is 284 g/mol. The highest BCUT2D eigenvalue weighted by Crippen LogP contribution is 2.20. The number of Topliss-reactive ketones (excluding diaryl/α,β-unsaturated/α-hetero) is 1. The maximum atomic E-state index is 11.5. The molecule has 1 heterocycles. The first-order valence-corrected chi connectivity index (χ1v) is 6.53. The molecular weight excluding hydrogens is 276 g/mol. The fourth-order valence-corrected chi connectivity index (χ4v) is 2.03. The molecule has 15 heavy (non-hydrogen) atoms. The summed E-state index contributed by atoms with van der Waals surface area (Å²) in [5, 5.41) is 9.81. The van der Waals surface area contributed by atoms with Gasteiger partial charge in [0.15, 0.2) is 5.78 Å². The lowest BCUT2D eigenvalue weighted by molar-refractivity contribution is 0.102. The van der Waals surface area contributed by atoms with Crippen molar-refractivity contribution in [2.45, 2.75) is 11.9 Å². The molecule has 0 saturated heterocycles. The van der Waals surface area contributed by atoms with Crippen LogP contribution in [-0.4, -0.2) is 22.4 Å². The van der Waals surface area contributed by atoms with Crippen LogP contribution in [0.2, 0.25) is 0 Å². The van der Waals surface area contributed by atoms with Crippen LogP contribution in [0.1, 0.15) is 21.6 Å². The van der Waals surface area contributed by atoms with Gasteiger partial charge in [0, 0.05) is 11.3 Å². The number of rotatable bonds is 3. The van der Waals surface area contributed by atoms with Gasteiger partial charge in [0.05, 0.1) is 10.9 Å². The molecule has 0 aliphatic rings. The van der Waals surface area contributed by atoms with Crippen LogP contribution in [0.3, 0.4) is 0 Å². The number of ketones is 1. The predicted molar refractivity (Wildman–Crippen MR) is 63.6 cm³/mol. The minimum absolute atomic E-state index is 0.0517. The van der Waals surface area contributed by atoms with E-state index in [1.165, 1.54) is 11.8 Å². The molecule has 78 valence electrons. The van der Waals surface area contributed by atoms with Crippen molar-refractivity contribution in [3.05, 3.63) is 22.9 Å². The molecule has 0 unspecified atom stereocenters. The second-order valence-corrected chi connectivity index (χ2v) is 4.20. The number of carbonyl (C=O) groups is 1. The molecule has 0 saturated carbocycles. The highest BCUT2D eigenvalue weighted by Gasteiger charge is 2.13. The number of nitriles is 1. The van der Waals surface area contributed by atoms with Crippen LogP contribution in [0.4, 0.5) is 0 Å².